The Labute approximate surface area is 130 Å². The monoisotopic (exact) mass is 302 g/mol. The van der Waals surface area contributed by atoms with Crippen LogP contribution in [0, 0.1) is 13.8 Å². The highest BCUT2D eigenvalue weighted by atomic mass is 32.2. The third-order valence-electron chi connectivity index (χ3n) is 3.11. The largest absolute Gasteiger partial charge is 0.493 e. The standard InChI is InChI=1S/C16H19BO3S/c1-12-6-7-13(2)16(10-12)21-9-8-20-15-5-3-4-14(11-15)17(18)19/h3-7,10-11,18-19H,8-9H2,1-2H3. The van der Waals surface area contributed by atoms with Gasteiger partial charge < -0.3 is 14.8 Å². The van der Waals surface area contributed by atoms with Crippen LogP contribution in [0.25, 0.3) is 0 Å². The molecule has 5 heteroatoms. The molecular weight excluding hydrogens is 283 g/mol. The van der Waals surface area contributed by atoms with Crippen molar-refractivity contribution >= 4 is 24.3 Å². The van der Waals surface area contributed by atoms with Gasteiger partial charge in [0.2, 0.25) is 0 Å². The van der Waals surface area contributed by atoms with E-state index in [1.807, 2.05) is 6.07 Å². The molecule has 0 spiro atoms. The summed E-state index contributed by atoms with van der Waals surface area (Å²) >= 11 is 1.77. The van der Waals surface area contributed by atoms with E-state index in [0.717, 1.165) is 5.75 Å². The van der Waals surface area contributed by atoms with Crippen LogP contribution in [0.2, 0.25) is 0 Å². The number of thioether (sulfide) groups is 1. The van der Waals surface area contributed by atoms with Crippen LogP contribution in [0.3, 0.4) is 0 Å². The molecule has 2 N–H and O–H groups in total. The van der Waals surface area contributed by atoms with Gasteiger partial charge in [0.25, 0.3) is 0 Å². The second kappa shape index (κ2) is 7.55. The van der Waals surface area contributed by atoms with Crippen molar-refractivity contribution in [3.05, 3.63) is 53.6 Å². The molecule has 0 aliphatic heterocycles. The Kier molecular flexibility index (Phi) is 5.73. The van der Waals surface area contributed by atoms with Crippen molar-refractivity contribution in [3.63, 3.8) is 0 Å². The Morgan fingerprint density at radius 1 is 1.10 bits per heavy atom. The minimum Gasteiger partial charge on any atom is -0.493 e. The van der Waals surface area contributed by atoms with Gasteiger partial charge in [0, 0.05) is 10.6 Å². The predicted molar refractivity (Wildman–Crippen MR) is 88.4 cm³/mol. The summed E-state index contributed by atoms with van der Waals surface area (Å²) in [7, 11) is -1.46. The average Bonchev–Trinajstić information content (AvgIpc) is 2.47. The SMILES string of the molecule is Cc1ccc(C)c(SCCOc2cccc(B(O)O)c2)c1. The number of hydrogen-bond donors (Lipinski definition) is 2. The molecule has 2 aromatic carbocycles. The molecule has 0 radical (unpaired) electrons. The summed E-state index contributed by atoms with van der Waals surface area (Å²) in [5, 5.41) is 18.2. The highest BCUT2D eigenvalue weighted by Gasteiger charge is 2.11. The van der Waals surface area contributed by atoms with E-state index in [9.17, 15) is 0 Å². The zero-order valence-electron chi connectivity index (χ0n) is 12.2. The predicted octanol–water partition coefficient (Wildman–Crippen LogP) is 2.15. The van der Waals surface area contributed by atoms with Crippen molar-refractivity contribution in [3.8, 4) is 5.75 Å². The van der Waals surface area contributed by atoms with Crippen LogP contribution in [0.15, 0.2) is 47.4 Å². The van der Waals surface area contributed by atoms with Gasteiger partial charge in [0.05, 0.1) is 6.61 Å². The highest BCUT2D eigenvalue weighted by molar-refractivity contribution is 7.99. The molecule has 3 nitrogen and oxygen atoms in total. The highest BCUT2D eigenvalue weighted by Crippen LogP contribution is 2.23. The second-order valence-electron chi connectivity index (χ2n) is 4.91. The Hall–Kier alpha value is -1.43. The van der Waals surface area contributed by atoms with E-state index in [1.165, 1.54) is 16.0 Å². The lowest BCUT2D eigenvalue weighted by Gasteiger charge is -2.09. The summed E-state index contributed by atoms with van der Waals surface area (Å²) in [6.45, 7) is 4.77. The van der Waals surface area contributed by atoms with E-state index in [0.29, 0.717) is 17.8 Å². The zero-order valence-corrected chi connectivity index (χ0v) is 13.1. The topological polar surface area (TPSA) is 49.7 Å². The van der Waals surface area contributed by atoms with Crippen molar-refractivity contribution in [1.82, 2.24) is 0 Å². The number of ether oxygens (including phenoxy) is 1. The molecule has 0 amide bonds. The molecule has 0 unspecified atom stereocenters. The van der Waals surface area contributed by atoms with Crippen LogP contribution >= 0.6 is 11.8 Å². The Morgan fingerprint density at radius 2 is 1.90 bits per heavy atom. The van der Waals surface area contributed by atoms with E-state index in [4.69, 9.17) is 14.8 Å². The van der Waals surface area contributed by atoms with E-state index in [2.05, 4.69) is 32.0 Å². The molecule has 0 saturated carbocycles. The lowest BCUT2D eigenvalue weighted by molar-refractivity contribution is 0.344. The fourth-order valence-electron chi connectivity index (χ4n) is 1.94. The van der Waals surface area contributed by atoms with Gasteiger partial charge in [-0.3, -0.25) is 0 Å². The summed E-state index contributed by atoms with van der Waals surface area (Å²) in [6, 6.07) is 13.3. The van der Waals surface area contributed by atoms with Crippen LogP contribution in [-0.4, -0.2) is 29.5 Å². The van der Waals surface area contributed by atoms with Gasteiger partial charge in [-0.25, -0.2) is 0 Å². The number of rotatable bonds is 6. The van der Waals surface area contributed by atoms with Gasteiger partial charge in [-0.1, -0.05) is 29.8 Å². The third kappa shape index (κ3) is 4.81. The summed E-state index contributed by atoms with van der Waals surface area (Å²) in [5.41, 5.74) is 2.97. The van der Waals surface area contributed by atoms with Crippen LogP contribution in [0.4, 0.5) is 0 Å². The molecule has 0 saturated heterocycles. The lowest BCUT2D eigenvalue weighted by Crippen LogP contribution is -2.29. The summed E-state index contributed by atoms with van der Waals surface area (Å²) in [5.74, 6) is 1.50. The minimum atomic E-state index is -1.46. The molecule has 2 aromatic rings. The first kappa shape index (κ1) is 16.0. The maximum atomic E-state index is 9.12. The van der Waals surface area contributed by atoms with Gasteiger partial charge in [-0.05, 0) is 43.1 Å². The maximum Gasteiger partial charge on any atom is 0.488 e. The molecule has 0 aliphatic rings. The molecule has 110 valence electrons. The number of benzene rings is 2. The minimum absolute atomic E-state index is 0.440. The van der Waals surface area contributed by atoms with Gasteiger partial charge in [0.15, 0.2) is 0 Å². The van der Waals surface area contributed by atoms with Crippen LogP contribution in [-0.2, 0) is 0 Å². The first-order valence-electron chi connectivity index (χ1n) is 6.85. The van der Waals surface area contributed by atoms with Crippen LogP contribution < -0.4 is 10.2 Å². The van der Waals surface area contributed by atoms with E-state index in [1.54, 1.807) is 30.0 Å². The van der Waals surface area contributed by atoms with E-state index in [-0.39, 0.29) is 0 Å². The van der Waals surface area contributed by atoms with Gasteiger partial charge in [0.1, 0.15) is 5.75 Å². The summed E-state index contributed by atoms with van der Waals surface area (Å²) in [6.07, 6.45) is 0. The van der Waals surface area contributed by atoms with E-state index < -0.39 is 7.12 Å². The Morgan fingerprint density at radius 3 is 2.67 bits per heavy atom. The molecule has 0 fully saturated rings. The van der Waals surface area contributed by atoms with Gasteiger partial charge >= 0.3 is 7.12 Å². The van der Waals surface area contributed by atoms with Gasteiger partial charge in [-0.2, -0.15) is 0 Å². The molecule has 0 aromatic heterocycles. The van der Waals surface area contributed by atoms with Crippen LogP contribution in [0.5, 0.6) is 5.75 Å². The van der Waals surface area contributed by atoms with Crippen molar-refractivity contribution < 1.29 is 14.8 Å². The fraction of sp³-hybridized carbons (Fsp3) is 0.250. The van der Waals surface area contributed by atoms with Crippen molar-refractivity contribution in [2.24, 2.45) is 0 Å². The Bertz CT molecular complexity index is 602. The molecule has 21 heavy (non-hydrogen) atoms. The second-order valence-corrected chi connectivity index (χ2v) is 6.05. The quantitative estimate of drug-likeness (QED) is 0.488. The van der Waals surface area contributed by atoms with Gasteiger partial charge in [-0.15, -0.1) is 11.8 Å². The van der Waals surface area contributed by atoms with Crippen LogP contribution in [0.1, 0.15) is 11.1 Å². The average molecular weight is 302 g/mol. The first-order chi connectivity index (χ1) is 10.1. The number of hydrogen-bond acceptors (Lipinski definition) is 4. The maximum absolute atomic E-state index is 9.12. The molecule has 0 atom stereocenters. The zero-order chi connectivity index (χ0) is 15.2. The van der Waals surface area contributed by atoms with Crippen molar-refractivity contribution in [2.45, 2.75) is 18.7 Å². The van der Waals surface area contributed by atoms with E-state index >= 15 is 0 Å². The molecule has 0 aliphatic carbocycles. The first-order valence-corrected chi connectivity index (χ1v) is 7.84. The third-order valence-corrected chi connectivity index (χ3v) is 4.23. The molecule has 2 rings (SSSR count). The molecular formula is C16H19BO3S. The lowest BCUT2D eigenvalue weighted by atomic mass is 9.80. The summed E-state index contributed by atoms with van der Waals surface area (Å²) in [4.78, 5) is 1.28. The summed E-state index contributed by atoms with van der Waals surface area (Å²) < 4.78 is 5.65. The Balaban J connectivity index is 1.84. The number of aryl methyl sites for hydroxylation is 2. The molecule has 0 bridgehead atoms. The smallest absolute Gasteiger partial charge is 0.488 e. The molecule has 0 heterocycles. The van der Waals surface area contributed by atoms with Crippen molar-refractivity contribution in [2.75, 3.05) is 12.4 Å². The normalized spacial score (nSPS) is 10.5. The van der Waals surface area contributed by atoms with Crippen molar-refractivity contribution in [1.29, 1.82) is 0 Å². The fourth-order valence-corrected chi connectivity index (χ4v) is 2.89.